The highest BCUT2D eigenvalue weighted by molar-refractivity contribution is 6.02. The van der Waals surface area contributed by atoms with Gasteiger partial charge in [-0.3, -0.25) is 4.79 Å². The Morgan fingerprint density at radius 2 is 1.85 bits per heavy atom. The van der Waals surface area contributed by atoms with Crippen LogP contribution in [0.2, 0.25) is 0 Å². The van der Waals surface area contributed by atoms with Crippen LogP contribution in [0.15, 0.2) is 59.1 Å². The van der Waals surface area contributed by atoms with E-state index in [0.29, 0.717) is 29.6 Å². The molecule has 0 spiro atoms. The van der Waals surface area contributed by atoms with E-state index in [2.05, 4.69) is 10.1 Å². The van der Waals surface area contributed by atoms with Gasteiger partial charge in [-0.05, 0) is 75.1 Å². The number of nitrogens with zero attached hydrogens (tertiary/aromatic N) is 2. The molecule has 8 nitrogen and oxygen atoms in total. The quantitative estimate of drug-likeness (QED) is 0.234. The summed E-state index contributed by atoms with van der Waals surface area (Å²) in [6.07, 6.45) is 3.51. The van der Waals surface area contributed by atoms with Gasteiger partial charge in [0, 0.05) is 29.5 Å². The maximum atomic E-state index is 13.5. The number of phenolic OH excluding ortho intramolecular Hbond substituents is 1. The Labute approximate surface area is 237 Å². The van der Waals surface area contributed by atoms with Gasteiger partial charge >= 0.3 is 0 Å². The Morgan fingerprint density at radius 1 is 1.05 bits per heavy atom. The first kappa shape index (κ1) is 27.1. The number of likely N-dealkylation sites (tertiary alicyclic amines) is 1. The summed E-state index contributed by atoms with van der Waals surface area (Å²) < 4.78 is 36.1. The molecule has 0 saturated carbocycles. The second-order valence-electron chi connectivity index (χ2n) is 10.7. The number of carbonyl (C=O) groups is 1. The normalized spacial score (nSPS) is 17.8. The molecule has 3 aromatic carbocycles. The number of aromatic nitrogens is 1. The molecule has 1 fully saturated rings. The molecule has 3 heterocycles. The molecule has 2 aliphatic rings. The number of aromatic hydroxyl groups is 1. The Hall–Kier alpha value is -4.11. The highest BCUT2D eigenvalue weighted by Gasteiger charge is 2.31. The number of carbonyl (C=O) groups excluding carboxylic acids is 1. The molecule has 2 aliphatic heterocycles. The van der Waals surface area contributed by atoms with Crippen molar-refractivity contribution in [1.29, 1.82) is 0 Å². The van der Waals surface area contributed by atoms with E-state index < -0.39 is 6.10 Å². The van der Waals surface area contributed by atoms with Crippen LogP contribution < -0.4 is 14.2 Å². The van der Waals surface area contributed by atoms with Crippen LogP contribution in [0.4, 0.5) is 4.39 Å². The van der Waals surface area contributed by atoms with Crippen LogP contribution in [0.1, 0.15) is 65.7 Å². The van der Waals surface area contributed by atoms with E-state index in [4.69, 9.17) is 18.7 Å². The number of unbranched alkanes of at least 4 members (excludes halogenated alkanes) is 1. The van der Waals surface area contributed by atoms with Gasteiger partial charge < -0.3 is 28.7 Å². The number of phenols is 1. The zero-order valence-electron chi connectivity index (χ0n) is 23.0. The van der Waals surface area contributed by atoms with Gasteiger partial charge in [-0.2, -0.15) is 0 Å². The standard InChI is InChI=1S/C32H33FN2O6/c1-38-23-7-4-20(5-8-23)28-19-27(37)31-26(36)17-24(18-30(31)40-28)39-15-3-2-12-35-13-10-21(11-14-35)32-25-9-6-22(33)16-29(25)41-34-32/h4-9,16-18,21,28,36H,2-3,10-15,19H2,1H3. The molecule has 6 rings (SSSR count). The summed E-state index contributed by atoms with van der Waals surface area (Å²) in [5.74, 6) is 1.26. The maximum Gasteiger partial charge on any atom is 0.174 e. The minimum atomic E-state index is -0.439. The van der Waals surface area contributed by atoms with E-state index in [0.717, 1.165) is 67.7 Å². The lowest BCUT2D eigenvalue weighted by Gasteiger charge is -2.31. The van der Waals surface area contributed by atoms with E-state index >= 15 is 0 Å². The monoisotopic (exact) mass is 560 g/mol. The Balaban J connectivity index is 0.973. The molecule has 9 heteroatoms. The van der Waals surface area contributed by atoms with Gasteiger partial charge in [-0.1, -0.05) is 17.3 Å². The largest absolute Gasteiger partial charge is 0.507 e. The Bertz CT molecular complexity index is 1530. The fourth-order valence-corrected chi connectivity index (χ4v) is 5.79. The van der Waals surface area contributed by atoms with Crippen molar-refractivity contribution >= 4 is 16.8 Å². The molecule has 0 radical (unpaired) electrons. The highest BCUT2D eigenvalue weighted by atomic mass is 19.1. The summed E-state index contributed by atoms with van der Waals surface area (Å²) in [5.41, 5.74) is 2.51. The van der Waals surface area contributed by atoms with Gasteiger partial charge in [0.25, 0.3) is 0 Å². The SMILES string of the molecule is COc1ccc(C2CC(=O)c3c(O)cc(OCCCCN4CCC(c5noc6cc(F)ccc56)CC4)cc3O2)cc1. The highest BCUT2D eigenvalue weighted by Crippen LogP contribution is 2.42. The van der Waals surface area contributed by atoms with E-state index in [1.165, 1.54) is 18.2 Å². The lowest BCUT2D eigenvalue weighted by Crippen LogP contribution is -2.34. The summed E-state index contributed by atoms with van der Waals surface area (Å²) in [5, 5.41) is 15.7. The number of piperidine rings is 1. The lowest BCUT2D eigenvalue weighted by atomic mass is 9.91. The summed E-state index contributed by atoms with van der Waals surface area (Å²) in [7, 11) is 1.60. The first-order chi connectivity index (χ1) is 20.0. The van der Waals surface area contributed by atoms with Crippen molar-refractivity contribution in [3.8, 4) is 23.0 Å². The smallest absolute Gasteiger partial charge is 0.174 e. The Kier molecular flexibility index (Phi) is 7.78. The van der Waals surface area contributed by atoms with Crippen LogP contribution in [0.5, 0.6) is 23.0 Å². The van der Waals surface area contributed by atoms with Crippen LogP contribution in [0, 0.1) is 5.82 Å². The minimum absolute atomic E-state index is 0.122. The maximum absolute atomic E-state index is 13.5. The first-order valence-electron chi connectivity index (χ1n) is 14.1. The topological polar surface area (TPSA) is 94.3 Å². The van der Waals surface area contributed by atoms with Crippen molar-refractivity contribution in [2.45, 2.75) is 44.1 Å². The molecule has 41 heavy (non-hydrogen) atoms. The molecule has 1 N–H and O–H groups in total. The summed E-state index contributed by atoms with van der Waals surface area (Å²) in [4.78, 5) is 15.2. The molecule has 4 aromatic rings. The van der Waals surface area contributed by atoms with Gasteiger partial charge in [0.2, 0.25) is 0 Å². The predicted octanol–water partition coefficient (Wildman–Crippen LogP) is 6.43. The van der Waals surface area contributed by atoms with Crippen molar-refractivity contribution in [3.63, 3.8) is 0 Å². The molecule has 0 bridgehead atoms. The first-order valence-corrected chi connectivity index (χ1v) is 14.1. The third-order valence-electron chi connectivity index (χ3n) is 8.03. The number of methoxy groups -OCH3 is 1. The molecule has 1 saturated heterocycles. The fraction of sp³-hybridized carbons (Fsp3) is 0.375. The number of Topliss-reactive ketones (excluding diaryl/α,β-unsaturated/α-hetero) is 1. The van der Waals surface area contributed by atoms with Crippen molar-refractivity contribution in [2.24, 2.45) is 0 Å². The second kappa shape index (κ2) is 11.8. The van der Waals surface area contributed by atoms with E-state index in [1.807, 2.05) is 24.3 Å². The van der Waals surface area contributed by atoms with E-state index in [-0.39, 0.29) is 29.3 Å². The molecule has 1 atom stereocenters. The van der Waals surface area contributed by atoms with Gasteiger partial charge in [0.1, 0.15) is 40.5 Å². The predicted molar refractivity (Wildman–Crippen MR) is 151 cm³/mol. The second-order valence-corrected chi connectivity index (χ2v) is 10.7. The number of hydrogen-bond donors (Lipinski definition) is 1. The van der Waals surface area contributed by atoms with Gasteiger partial charge in [-0.15, -0.1) is 0 Å². The molecular formula is C32H33FN2O6. The van der Waals surface area contributed by atoms with Gasteiger partial charge in [-0.25, -0.2) is 4.39 Å². The number of halogens is 1. The number of fused-ring (bicyclic) bond motifs is 2. The van der Waals surface area contributed by atoms with Crippen LogP contribution in [0.3, 0.4) is 0 Å². The summed E-state index contributed by atoms with van der Waals surface area (Å²) >= 11 is 0. The average molecular weight is 561 g/mol. The zero-order chi connectivity index (χ0) is 28.3. The summed E-state index contributed by atoms with van der Waals surface area (Å²) in [6.45, 7) is 3.41. The molecule has 1 unspecified atom stereocenters. The zero-order valence-corrected chi connectivity index (χ0v) is 23.0. The average Bonchev–Trinajstić information content (AvgIpc) is 3.40. The van der Waals surface area contributed by atoms with Crippen molar-refractivity contribution in [1.82, 2.24) is 10.1 Å². The van der Waals surface area contributed by atoms with Crippen LogP contribution in [-0.4, -0.2) is 54.3 Å². The lowest BCUT2D eigenvalue weighted by molar-refractivity contribution is 0.0844. The number of ketones is 1. The molecule has 0 aliphatic carbocycles. The van der Waals surface area contributed by atoms with Crippen molar-refractivity contribution in [3.05, 3.63) is 77.2 Å². The van der Waals surface area contributed by atoms with Crippen molar-refractivity contribution < 1.29 is 33.0 Å². The fourth-order valence-electron chi connectivity index (χ4n) is 5.79. The summed E-state index contributed by atoms with van der Waals surface area (Å²) in [6, 6.07) is 15.2. The third kappa shape index (κ3) is 5.86. The number of hydrogen-bond acceptors (Lipinski definition) is 8. The Morgan fingerprint density at radius 3 is 2.63 bits per heavy atom. The molecule has 1 aromatic heterocycles. The molecule has 0 amide bonds. The van der Waals surface area contributed by atoms with Crippen LogP contribution >= 0.6 is 0 Å². The van der Waals surface area contributed by atoms with Crippen LogP contribution in [-0.2, 0) is 0 Å². The number of ether oxygens (including phenoxy) is 3. The molecular weight excluding hydrogens is 527 g/mol. The number of rotatable bonds is 9. The third-order valence-corrected chi connectivity index (χ3v) is 8.03. The van der Waals surface area contributed by atoms with Gasteiger partial charge in [0.15, 0.2) is 11.4 Å². The number of benzene rings is 3. The van der Waals surface area contributed by atoms with Gasteiger partial charge in [0.05, 0.1) is 25.8 Å². The molecule has 214 valence electrons. The van der Waals surface area contributed by atoms with E-state index in [1.54, 1.807) is 19.2 Å². The van der Waals surface area contributed by atoms with Crippen molar-refractivity contribution in [2.75, 3.05) is 33.4 Å². The van der Waals surface area contributed by atoms with E-state index in [9.17, 15) is 14.3 Å². The minimum Gasteiger partial charge on any atom is -0.507 e. The van der Waals surface area contributed by atoms with Crippen LogP contribution in [0.25, 0.3) is 11.0 Å².